The number of esters is 1. The van der Waals surface area contributed by atoms with E-state index in [0.29, 0.717) is 40.4 Å². The van der Waals surface area contributed by atoms with Crippen LogP contribution in [0.25, 0.3) is 0 Å². The summed E-state index contributed by atoms with van der Waals surface area (Å²) in [6, 6.07) is 16.9. The van der Waals surface area contributed by atoms with Crippen LogP contribution in [0.1, 0.15) is 34.8 Å². The van der Waals surface area contributed by atoms with Crippen molar-refractivity contribution in [3.8, 4) is 0 Å². The van der Waals surface area contributed by atoms with Gasteiger partial charge >= 0.3 is 12.0 Å². The maximum Gasteiger partial charge on any atom is 0.337 e. The number of carbonyl (C=O) groups is 2. The highest BCUT2D eigenvalue weighted by Gasteiger charge is 2.25. The van der Waals surface area contributed by atoms with Gasteiger partial charge in [-0.1, -0.05) is 6.07 Å². The van der Waals surface area contributed by atoms with Crippen LogP contribution in [-0.4, -0.2) is 39.3 Å². The normalized spacial score (nSPS) is 12.5. The molecule has 5 rings (SSSR count). The zero-order chi connectivity index (χ0) is 24.9. The number of hydrogen-bond acceptors (Lipinski definition) is 8. The number of urea groups is 1. The Morgan fingerprint density at radius 3 is 2.47 bits per heavy atom. The molecule has 2 aromatic carbocycles. The fourth-order valence-corrected chi connectivity index (χ4v) is 3.53. The highest BCUT2D eigenvalue weighted by atomic mass is 16.5. The molecule has 1 fully saturated rings. The van der Waals surface area contributed by atoms with Gasteiger partial charge in [0.25, 0.3) is 0 Å². The van der Waals surface area contributed by atoms with E-state index in [0.717, 1.165) is 11.4 Å². The van der Waals surface area contributed by atoms with E-state index in [-0.39, 0.29) is 0 Å². The molecule has 2 heterocycles. The number of anilines is 6. The topological polar surface area (TPSA) is 146 Å². The van der Waals surface area contributed by atoms with Gasteiger partial charge in [-0.3, -0.25) is 5.10 Å². The van der Waals surface area contributed by atoms with E-state index in [1.54, 1.807) is 60.8 Å². The van der Waals surface area contributed by atoms with Crippen LogP contribution in [0, 0.1) is 0 Å². The summed E-state index contributed by atoms with van der Waals surface area (Å²) in [5.41, 5.74) is 3.29. The minimum Gasteiger partial charge on any atom is -0.465 e. The number of carbonyl (C=O) groups excluding carboxylic acids is 2. The molecule has 0 spiro atoms. The molecule has 11 heteroatoms. The number of ether oxygens (including phenoxy) is 1. The van der Waals surface area contributed by atoms with Gasteiger partial charge in [-0.2, -0.15) is 10.1 Å². The number of nitrogens with zero attached hydrogens (tertiary/aromatic N) is 3. The number of hydrogen-bond donors (Lipinski definition) is 5. The van der Waals surface area contributed by atoms with Gasteiger partial charge in [0, 0.05) is 40.9 Å². The molecule has 0 unspecified atom stereocenters. The van der Waals surface area contributed by atoms with Crippen LogP contribution < -0.4 is 21.3 Å². The van der Waals surface area contributed by atoms with Crippen LogP contribution in [0.4, 0.5) is 39.4 Å². The second kappa shape index (κ2) is 10.1. The number of amides is 2. The Morgan fingerprint density at radius 1 is 0.917 bits per heavy atom. The van der Waals surface area contributed by atoms with Crippen LogP contribution in [0.15, 0.2) is 66.9 Å². The van der Waals surface area contributed by atoms with E-state index >= 15 is 0 Å². The molecule has 0 radical (unpaired) electrons. The van der Waals surface area contributed by atoms with E-state index in [1.165, 1.54) is 20.0 Å². The van der Waals surface area contributed by atoms with Gasteiger partial charge in [-0.05, 0) is 61.4 Å². The third-order valence-corrected chi connectivity index (χ3v) is 5.47. The van der Waals surface area contributed by atoms with Crippen LogP contribution in [0.3, 0.4) is 0 Å². The molecule has 2 aromatic heterocycles. The van der Waals surface area contributed by atoms with E-state index in [9.17, 15) is 9.59 Å². The zero-order valence-electron chi connectivity index (χ0n) is 19.4. The molecule has 0 bridgehead atoms. The molecule has 5 N–H and O–H groups in total. The maximum atomic E-state index is 12.3. The lowest BCUT2D eigenvalue weighted by Crippen LogP contribution is -2.19. The number of methoxy groups -OCH3 is 1. The first-order chi connectivity index (χ1) is 17.6. The highest BCUT2D eigenvalue weighted by Crippen LogP contribution is 2.39. The van der Waals surface area contributed by atoms with Crippen molar-refractivity contribution in [2.75, 3.05) is 28.4 Å². The van der Waals surface area contributed by atoms with Gasteiger partial charge in [-0.15, -0.1) is 0 Å². The van der Waals surface area contributed by atoms with E-state index < -0.39 is 12.0 Å². The van der Waals surface area contributed by atoms with Crippen LogP contribution >= 0.6 is 0 Å². The molecule has 11 nitrogen and oxygen atoms in total. The summed E-state index contributed by atoms with van der Waals surface area (Å²) in [5, 5.41) is 19.1. The Kier molecular flexibility index (Phi) is 6.43. The first kappa shape index (κ1) is 22.8. The van der Waals surface area contributed by atoms with Gasteiger partial charge < -0.3 is 26.0 Å². The van der Waals surface area contributed by atoms with Crippen LogP contribution in [-0.2, 0) is 4.74 Å². The van der Waals surface area contributed by atoms with Crippen molar-refractivity contribution < 1.29 is 14.3 Å². The van der Waals surface area contributed by atoms with Crippen molar-refractivity contribution in [2.45, 2.75) is 18.8 Å². The highest BCUT2D eigenvalue weighted by molar-refractivity contribution is 6.00. The van der Waals surface area contributed by atoms with Gasteiger partial charge in [0.15, 0.2) is 5.82 Å². The van der Waals surface area contributed by atoms with E-state index in [1.807, 2.05) is 6.07 Å². The summed E-state index contributed by atoms with van der Waals surface area (Å²) in [5.74, 6) is 1.87. The Bertz CT molecular complexity index is 1380. The number of aromatic amines is 1. The molecule has 2 amide bonds. The number of nitrogens with one attached hydrogen (secondary N) is 5. The summed E-state index contributed by atoms with van der Waals surface area (Å²) >= 11 is 0. The molecule has 36 heavy (non-hydrogen) atoms. The van der Waals surface area contributed by atoms with E-state index in [4.69, 9.17) is 4.74 Å². The minimum atomic E-state index is -0.476. The molecule has 4 aromatic rings. The molecule has 1 aliphatic rings. The van der Waals surface area contributed by atoms with Crippen molar-refractivity contribution in [1.82, 2.24) is 20.2 Å². The summed E-state index contributed by atoms with van der Waals surface area (Å²) in [7, 11) is 1.30. The molecule has 0 aliphatic heterocycles. The lowest BCUT2D eigenvalue weighted by Gasteiger charge is -2.10. The van der Waals surface area contributed by atoms with Gasteiger partial charge in [0.1, 0.15) is 5.82 Å². The van der Waals surface area contributed by atoms with Crippen molar-refractivity contribution in [3.63, 3.8) is 0 Å². The van der Waals surface area contributed by atoms with Crippen molar-refractivity contribution in [2.24, 2.45) is 0 Å². The minimum absolute atomic E-state index is 0.347. The third-order valence-electron chi connectivity index (χ3n) is 5.47. The molecule has 1 aliphatic carbocycles. The summed E-state index contributed by atoms with van der Waals surface area (Å²) in [4.78, 5) is 32.7. The van der Waals surface area contributed by atoms with E-state index in [2.05, 4.69) is 41.4 Å². The molecule has 0 saturated heterocycles. The Balaban J connectivity index is 1.16. The largest absolute Gasteiger partial charge is 0.465 e. The second-order valence-corrected chi connectivity index (χ2v) is 8.23. The molecule has 1 saturated carbocycles. The second-order valence-electron chi connectivity index (χ2n) is 8.23. The predicted octanol–water partition coefficient (Wildman–Crippen LogP) is 4.99. The van der Waals surface area contributed by atoms with Crippen molar-refractivity contribution >= 4 is 46.6 Å². The third kappa shape index (κ3) is 5.76. The van der Waals surface area contributed by atoms with Gasteiger partial charge in [-0.25, -0.2) is 14.6 Å². The Hall–Kier alpha value is -4.93. The quantitative estimate of drug-likeness (QED) is 0.220. The Labute approximate surface area is 206 Å². The Morgan fingerprint density at radius 2 is 1.69 bits per heavy atom. The van der Waals surface area contributed by atoms with Gasteiger partial charge in [0.05, 0.1) is 12.7 Å². The lowest BCUT2D eigenvalue weighted by atomic mass is 10.2. The van der Waals surface area contributed by atoms with Crippen LogP contribution in [0.2, 0.25) is 0 Å². The fourth-order valence-electron chi connectivity index (χ4n) is 3.53. The standard InChI is InChI=1S/C25H24N8O3/c1-36-23(34)16-3-2-4-19(13-16)29-25(35)28-18-9-7-17(8-10-18)27-24-26-12-11-21(31-24)30-22-14-20(32-33-22)15-5-6-15/h2-4,7-15H,5-6H2,1H3,(H2,28,29,35)(H3,26,27,30,31,32,33). The average Bonchev–Trinajstić information content (AvgIpc) is 3.64. The SMILES string of the molecule is COC(=O)c1cccc(NC(=O)Nc2ccc(Nc3nccc(Nc4cc(C5CC5)[nH]n4)n3)cc2)c1. The zero-order valence-corrected chi connectivity index (χ0v) is 19.4. The smallest absolute Gasteiger partial charge is 0.337 e. The predicted molar refractivity (Wildman–Crippen MR) is 136 cm³/mol. The van der Waals surface area contributed by atoms with Crippen LogP contribution in [0.5, 0.6) is 0 Å². The first-order valence-corrected chi connectivity index (χ1v) is 11.3. The molecular weight excluding hydrogens is 460 g/mol. The summed E-state index contributed by atoms with van der Waals surface area (Å²) in [6.07, 6.45) is 4.06. The molecule has 182 valence electrons. The first-order valence-electron chi connectivity index (χ1n) is 11.3. The molecule has 0 atom stereocenters. The summed E-state index contributed by atoms with van der Waals surface area (Å²) < 4.78 is 4.70. The van der Waals surface area contributed by atoms with Crippen molar-refractivity contribution in [1.29, 1.82) is 0 Å². The maximum absolute atomic E-state index is 12.3. The monoisotopic (exact) mass is 484 g/mol. The lowest BCUT2D eigenvalue weighted by molar-refractivity contribution is 0.0600. The number of rotatable bonds is 8. The average molecular weight is 485 g/mol. The summed E-state index contributed by atoms with van der Waals surface area (Å²) in [6.45, 7) is 0. The molecular formula is C25H24N8O3. The fraction of sp³-hybridized carbons (Fsp3) is 0.160. The van der Waals surface area contributed by atoms with Crippen molar-refractivity contribution in [3.05, 3.63) is 78.1 Å². The van der Waals surface area contributed by atoms with Gasteiger partial charge in [0.2, 0.25) is 5.95 Å². The number of H-pyrrole nitrogens is 1. The number of benzene rings is 2. The number of aromatic nitrogens is 4.